The Morgan fingerprint density at radius 2 is 2.00 bits per heavy atom. The SMILES string of the molecule is N=C(N)C(CSc1ncccn1)C(F)(F)F. The molecule has 1 aromatic heterocycles. The summed E-state index contributed by atoms with van der Waals surface area (Å²) in [6.45, 7) is 0. The number of nitrogens with two attached hydrogens (primary N) is 1. The van der Waals surface area contributed by atoms with Gasteiger partial charge in [-0.3, -0.25) is 5.41 Å². The fourth-order valence-electron chi connectivity index (χ4n) is 0.878. The maximum Gasteiger partial charge on any atom is 0.399 e. The first-order valence-corrected chi connectivity index (χ1v) is 5.20. The van der Waals surface area contributed by atoms with Gasteiger partial charge in [-0.15, -0.1) is 0 Å². The van der Waals surface area contributed by atoms with Gasteiger partial charge in [0.1, 0.15) is 11.8 Å². The Morgan fingerprint density at radius 1 is 1.44 bits per heavy atom. The van der Waals surface area contributed by atoms with Crippen molar-refractivity contribution in [2.75, 3.05) is 5.75 Å². The first-order chi connectivity index (χ1) is 7.41. The summed E-state index contributed by atoms with van der Waals surface area (Å²) in [7, 11) is 0. The van der Waals surface area contributed by atoms with Crippen LogP contribution in [0.1, 0.15) is 0 Å². The van der Waals surface area contributed by atoms with Crippen LogP contribution in [-0.2, 0) is 0 Å². The van der Waals surface area contributed by atoms with E-state index in [0.29, 0.717) is 0 Å². The van der Waals surface area contributed by atoms with Crippen LogP contribution >= 0.6 is 11.8 Å². The molecule has 1 unspecified atom stereocenters. The summed E-state index contributed by atoms with van der Waals surface area (Å²) in [4.78, 5) is 7.53. The van der Waals surface area contributed by atoms with E-state index in [1.54, 1.807) is 6.07 Å². The summed E-state index contributed by atoms with van der Waals surface area (Å²) in [5, 5.41) is 7.11. The van der Waals surface area contributed by atoms with E-state index in [0.717, 1.165) is 11.8 Å². The van der Waals surface area contributed by atoms with Gasteiger partial charge in [0, 0.05) is 18.1 Å². The third-order valence-corrected chi connectivity index (χ3v) is 2.66. The second-order valence-electron chi connectivity index (χ2n) is 2.89. The molecule has 0 saturated heterocycles. The number of alkyl halides is 3. The number of thioether (sulfide) groups is 1. The maximum absolute atomic E-state index is 12.4. The van der Waals surface area contributed by atoms with E-state index in [-0.39, 0.29) is 10.9 Å². The van der Waals surface area contributed by atoms with E-state index in [4.69, 9.17) is 11.1 Å². The topological polar surface area (TPSA) is 75.7 Å². The van der Waals surface area contributed by atoms with Crippen LogP contribution in [0.3, 0.4) is 0 Å². The first kappa shape index (κ1) is 12.8. The predicted molar refractivity (Wildman–Crippen MR) is 54.2 cm³/mol. The Morgan fingerprint density at radius 3 is 2.44 bits per heavy atom. The zero-order valence-corrected chi connectivity index (χ0v) is 8.85. The van der Waals surface area contributed by atoms with Gasteiger partial charge >= 0.3 is 6.18 Å². The number of halogens is 3. The number of rotatable bonds is 4. The van der Waals surface area contributed by atoms with Crippen molar-refractivity contribution in [3.05, 3.63) is 18.5 Å². The van der Waals surface area contributed by atoms with Gasteiger partial charge in [-0.25, -0.2) is 9.97 Å². The highest BCUT2D eigenvalue weighted by molar-refractivity contribution is 7.99. The van der Waals surface area contributed by atoms with Crippen molar-refractivity contribution in [1.29, 1.82) is 5.41 Å². The Labute approximate surface area is 94.0 Å². The Balaban J connectivity index is 2.62. The molecule has 0 aliphatic heterocycles. The van der Waals surface area contributed by atoms with Crippen molar-refractivity contribution in [2.24, 2.45) is 11.7 Å². The molecule has 0 aliphatic carbocycles. The highest BCUT2D eigenvalue weighted by Crippen LogP contribution is 2.30. The second-order valence-corrected chi connectivity index (χ2v) is 3.88. The first-order valence-electron chi connectivity index (χ1n) is 4.21. The fourth-order valence-corrected chi connectivity index (χ4v) is 1.83. The second kappa shape index (κ2) is 5.15. The van der Waals surface area contributed by atoms with Crippen molar-refractivity contribution >= 4 is 17.6 Å². The minimum absolute atomic E-state index is 0.234. The normalized spacial score (nSPS) is 13.4. The average molecular weight is 250 g/mol. The lowest BCUT2D eigenvalue weighted by Gasteiger charge is -2.17. The van der Waals surface area contributed by atoms with Crippen LogP contribution in [-0.4, -0.2) is 27.7 Å². The van der Waals surface area contributed by atoms with Crippen LogP contribution in [0, 0.1) is 11.3 Å². The summed E-state index contributed by atoms with van der Waals surface area (Å²) < 4.78 is 37.2. The van der Waals surface area contributed by atoms with Gasteiger partial charge in [-0.2, -0.15) is 13.2 Å². The molecule has 0 aliphatic rings. The molecule has 0 fully saturated rings. The number of nitrogens with zero attached hydrogens (tertiary/aromatic N) is 2. The molecule has 88 valence electrons. The minimum Gasteiger partial charge on any atom is -0.387 e. The molecule has 0 saturated carbocycles. The standard InChI is InChI=1S/C8H9F3N4S/c9-8(10,11)5(6(12)13)4-16-7-14-2-1-3-15-7/h1-3,5H,4H2,(H3,12,13). The third kappa shape index (κ3) is 3.69. The van der Waals surface area contributed by atoms with Crippen LogP contribution in [0.25, 0.3) is 0 Å². The molecule has 1 atom stereocenters. The number of amidine groups is 1. The zero-order valence-electron chi connectivity index (χ0n) is 8.03. The minimum atomic E-state index is -4.51. The molecule has 1 heterocycles. The molecule has 4 nitrogen and oxygen atoms in total. The average Bonchev–Trinajstić information content (AvgIpc) is 2.17. The number of aromatic nitrogens is 2. The van der Waals surface area contributed by atoms with Gasteiger partial charge in [0.05, 0.1) is 0 Å². The van der Waals surface area contributed by atoms with E-state index in [9.17, 15) is 13.2 Å². The molecule has 0 aromatic carbocycles. The van der Waals surface area contributed by atoms with Crippen molar-refractivity contribution in [1.82, 2.24) is 9.97 Å². The van der Waals surface area contributed by atoms with E-state index in [2.05, 4.69) is 9.97 Å². The van der Waals surface area contributed by atoms with Crippen molar-refractivity contribution in [3.63, 3.8) is 0 Å². The molecule has 3 N–H and O–H groups in total. The summed E-state index contributed by atoms with van der Waals surface area (Å²) in [5.74, 6) is -3.24. The number of hydrogen-bond donors (Lipinski definition) is 2. The molecule has 1 rings (SSSR count). The molecule has 0 amide bonds. The highest BCUT2D eigenvalue weighted by Gasteiger charge is 2.41. The van der Waals surface area contributed by atoms with Gasteiger partial charge in [0.2, 0.25) is 0 Å². The molecule has 0 bridgehead atoms. The van der Waals surface area contributed by atoms with Gasteiger partial charge in [0.15, 0.2) is 5.16 Å². The summed E-state index contributed by atoms with van der Waals surface area (Å²) in [5.41, 5.74) is 4.90. The predicted octanol–water partition coefficient (Wildman–Crippen LogP) is 1.68. The molecule has 1 aromatic rings. The summed E-state index contributed by atoms with van der Waals surface area (Å²) in [6.07, 6.45) is -1.63. The van der Waals surface area contributed by atoms with E-state index in [1.807, 2.05) is 0 Å². The van der Waals surface area contributed by atoms with E-state index < -0.39 is 17.9 Å². The Kier molecular flexibility index (Phi) is 4.11. The van der Waals surface area contributed by atoms with E-state index >= 15 is 0 Å². The fraction of sp³-hybridized carbons (Fsp3) is 0.375. The monoisotopic (exact) mass is 250 g/mol. The Bertz CT molecular complexity index is 354. The van der Waals surface area contributed by atoms with Crippen LogP contribution in [0.5, 0.6) is 0 Å². The largest absolute Gasteiger partial charge is 0.399 e. The van der Waals surface area contributed by atoms with Gasteiger partial charge in [-0.05, 0) is 6.07 Å². The van der Waals surface area contributed by atoms with Crippen LogP contribution < -0.4 is 5.73 Å². The lowest BCUT2D eigenvalue weighted by molar-refractivity contribution is -0.150. The molecule has 0 spiro atoms. The van der Waals surface area contributed by atoms with E-state index in [1.165, 1.54) is 12.4 Å². The molecule has 8 heteroatoms. The molecular weight excluding hydrogens is 241 g/mol. The van der Waals surface area contributed by atoms with Crippen LogP contribution in [0.2, 0.25) is 0 Å². The molecule has 16 heavy (non-hydrogen) atoms. The lowest BCUT2D eigenvalue weighted by atomic mass is 10.1. The number of nitrogens with one attached hydrogen (secondary N) is 1. The van der Waals surface area contributed by atoms with Crippen LogP contribution in [0.15, 0.2) is 23.6 Å². The maximum atomic E-state index is 12.4. The van der Waals surface area contributed by atoms with Crippen LogP contribution in [0.4, 0.5) is 13.2 Å². The van der Waals surface area contributed by atoms with Gasteiger partial charge in [-0.1, -0.05) is 11.8 Å². The summed E-state index contributed by atoms with van der Waals surface area (Å²) >= 11 is 0.821. The third-order valence-electron chi connectivity index (χ3n) is 1.69. The number of hydrogen-bond acceptors (Lipinski definition) is 4. The van der Waals surface area contributed by atoms with Gasteiger partial charge in [0.25, 0.3) is 0 Å². The van der Waals surface area contributed by atoms with Crippen molar-refractivity contribution < 1.29 is 13.2 Å². The zero-order chi connectivity index (χ0) is 12.2. The smallest absolute Gasteiger partial charge is 0.387 e. The summed E-state index contributed by atoms with van der Waals surface area (Å²) in [6, 6.07) is 1.57. The highest BCUT2D eigenvalue weighted by atomic mass is 32.2. The van der Waals surface area contributed by atoms with Crippen molar-refractivity contribution in [3.8, 4) is 0 Å². The Hall–Kier alpha value is -1.31. The lowest BCUT2D eigenvalue weighted by Crippen LogP contribution is -2.37. The quantitative estimate of drug-likeness (QED) is 0.369. The van der Waals surface area contributed by atoms with Gasteiger partial charge < -0.3 is 5.73 Å². The molecular formula is C8H9F3N4S. The van der Waals surface area contributed by atoms with Crippen molar-refractivity contribution in [2.45, 2.75) is 11.3 Å². The molecule has 0 radical (unpaired) electrons.